The first-order valence-corrected chi connectivity index (χ1v) is 5.09. The number of benzene rings is 1. The van der Waals surface area contributed by atoms with Crippen molar-refractivity contribution in [3.8, 4) is 0 Å². The molecule has 3 heteroatoms. The lowest BCUT2D eigenvalue weighted by Crippen LogP contribution is -1.66. The molecule has 62 valence electrons. The van der Waals surface area contributed by atoms with Gasteiger partial charge in [0.1, 0.15) is 0 Å². The molecule has 2 aromatic rings. The Morgan fingerprint density at radius 1 is 1.08 bits per heavy atom. The average molecular weight is 217 g/mol. The van der Waals surface area contributed by atoms with Crippen LogP contribution in [0, 0.1) is 6.92 Å². The summed E-state index contributed by atoms with van der Waals surface area (Å²) in [5.41, 5.74) is 0. The number of hydrogen-bond donors (Lipinski definition) is 0. The van der Waals surface area contributed by atoms with Gasteiger partial charge in [-0.3, -0.25) is 0 Å². The second kappa shape index (κ2) is 2.91. The zero-order chi connectivity index (χ0) is 8.72. The van der Waals surface area contributed by atoms with Crippen LogP contribution in [0.2, 0.25) is 10.0 Å². The Balaban J connectivity index is 2.83. The first-order chi connectivity index (χ1) is 5.66. The van der Waals surface area contributed by atoms with Gasteiger partial charge < -0.3 is 0 Å². The van der Waals surface area contributed by atoms with E-state index in [9.17, 15) is 0 Å². The summed E-state index contributed by atoms with van der Waals surface area (Å²) in [6.45, 7) is 2.08. The summed E-state index contributed by atoms with van der Waals surface area (Å²) in [4.78, 5) is 1.28. The zero-order valence-electron chi connectivity index (χ0n) is 6.40. The molecule has 1 aromatic carbocycles. The van der Waals surface area contributed by atoms with Gasteiger partial charge in [-0.1, -0.05) is 23.2 Å². The zero-order valence-corrected chi connectivity index (χ0v) is 8.72. The third-order valence-corrected chi connectivity index (χ3v) is 3.42. The molecule has 1 heterocycles. The third kappa shape index (κ3) is 1.33. The Labute approximate surface area is 84.7 Å². The maximum Gasteiger partial charge on any atom is 0.0606 e. The SMILES string of the molecule is Cc1cc2cc(Cl)c(Cl)cc2s1. The molecule has 0 spiro atoms. The molecule has 0 nitrogen and oxygen atoms in total. The van der Waals surface area contributed by atoms with Gasteiger partial charge in [-0.25, -0.2) is 0 Å². The minimum absolute atomic E-state index is 0.627. The maximum absolute atomic E-state index is 5.87. The van der Waals surface area contributed by atoms with Crippen LogP contribution in [0.4, 0.5) is 0 Å². The highest BCUT2D eigenvalue weighted by atomic mass is 35.5. The molecule has 1 aromatic heterocycles. The van der Waals surface area contributed by atoms with Crippen molar-refractivity contribution in [3.05, 3.63) is 33.1 Å². The Morgan fingerprint density at radius 3 is 2.50 bits per heavy atom. The molecule has 2 rings (SSSR count). The molecule has 0 aliphatic rings. The first-order valence-electron chi connectivity index (χ1n) is 3.52. The van der Waals surface area contributed by atoms with E-state index in [0.29, 0.717) is 10.0 Å². The Bertz CT molecular complexity index is 392. The number of aryl methyl sites for hydroxylation is 1. The van der Waals surface area contributed by atoms with Crippen molar-refractivity contribution in [1.82, 2.24) is 0 Å². The van der Waals surface area contributed by atoms with Gasteiger partial charge in [0, 0.05) is 9.58 Å². The molecule has 0 aliphatic heterocycles. The van der Waals surface area contributed by atoms with Crippen LogP contribution in [-0.2, 0) is 0 Å². The van der Waals surface area contributed by atoms with Gasteiger partial charge in [0.2, 0.25) is 0 Å². The van der Waals surface area contributed by atoms with Gasteiger partial charge in [-0.15, -0.1) is 11.3 Å². The smallest absolute Gasteiger partial charge is 0.0606 e. The van der Waals surface area contributed by atoms with Gasteiger partial charge in [0.25, 0.3) is 0 Å². The lowest BCUT2D eigenvalue weighted by atomic mass is 10.2. The lowest BCUT2D eigenvalue weighted by Gasteiger charge is -1.93. The van der Waals surface area contributed by atoms with Crippen LogP contribution in [0.25, 0.3) is 10.1 Å². The van der Waals surface area contributed by atoms with Crippen molar-refractivity contribution in [2.24, 2.45) is 0 Å². The fourth-order valence-corrected chi connectivity index (χ4v) is 2.51. The highest BCUT2D eigenvalue weighted by Gasteiger charge is 2.02. The minimum Gasteiger partial charge on any atom is -0.141 e. The molecule has 0 atom stereocenters. The summed E-state index contributed by atoms with van der Waals surface area (Å²) in [5.74, 6) is 0. The largest absolute Gasteiger partial charge is 0.141 e. The van der Waals surface area contributed by atoms with Crippen molar-refractivity contribution in [3.63, 3.8) is 0 Å². The molecule has 0 saturated carbocycles. The van der Waals surface area contributed by atoms with Crippen LogP contribution >= 0.6 is 34.5 Å². The van der Waals surface area contributed by atoms with Gasteiger partial charge >= 0.3 is 0 Å². The predicted molar refractivity (Wildman–Crippen MR) is 56.6 cm³/mol. The molecule has 0 aliphatic carbocycles. The fourth-order valence-electron chi connectivity index (χ4n) is 1.17. The summed E-state index contributed by atoms with van der Waals surface area (Å²) in [7, 11) is 0. The van der Waals surface area contributed by atoms with Crippen LogP contribution in [0.1, 0.15) is 4.88 Å². The molecule has 0 radical (unpaired) electrons. The normalized spacial score (nSPS) is 10.9. The van der Waals surface area contributed by atoms with E-state index < -0.39 is 0 Å². The number of hydrogen-bond acceptors (Lipinski definition) is 1. The Hall–Kier alpha value is -0.240. The van der Waals surface area contributed by atoms with Crippen LogP contribution in [0.5, 0.6) is 0 Å². The topological polar surface area (TPSA) is 0 Å². The summed E-state index contributed by atoms with van der Waals surface area (Å²) in [5, 5.41) is 2.43. The van der Waals surface area contributed by atoms with E-state index in [1.54, 1.807) is 11.3 Å². The van der Waals surface area contributed by atoms with Crippen LogP contribution in [-0.4, -0.2) is 0 Å². The standard InChI is InChI=1S/C9H6Cl2S/c1-5-2-6-3-7(10)8(11)4-9(6)12-5/h2-4H,1H3. The quantitative estimate of drug-likeness (QED) is 0.608. The molecular weight excluding hydrogens is 211 g/mol. The van der Waals surface area contributed by atoms with E-state index in [-0.39, 0.29) is 0 Å². The van der Waals surface area contributed by atoms with Crippen molar-refractivity contribution >= 4 is 44.6 Å². The van der Waals surface area contributed by atoms with Crippen molar-refractivity contribution < 1.29 is 0 Å². The molecule has 0 amide bonds. The fraction of sp³-hybridized carbons (Fsp3) is 0.111. The van der Waals surface area contributed by atoms with Gasteiger partial charge in [-0.05, 0) is 30.5 Å². The van der Waals surface area contributed by atoms with E-state index >= 15 is 0 Å². The van der Waals surface area contributed by atoms with Gasteiger partial charge in [0.15, 0.2) is 0 Å². The van der Waals surface area contributed by atoms with Crippen LogP contribution in [0.15, 0.2) is 18.2 Å². The van der Waals surface area contributed by atoms with Crippen LogP contribution < -0.4 is 0 Å². The van der Waals surface area contributed by atoms with Crippen LogP contribution in [0.3, 0.4) is 0 Å². The average Bonchev–Trinajstić information content (AvgIpc) is 2.30. The number of fused-ring (bicyclic) bond motifs is 1. The molecule has 0 saturated heterocycles. The third-order valence-electron chi connectivity index (χ3n) is 1.68. The molecule has 0 fully saturated rings. The summed E-state index contributed by atoms with van der Waals surface area (Å²) in [6, 6.07) is 5.93. The monoisotopic (exact) mass is 216 g/mol. The first kappa shape index (κ1) is 8.36. The predicted octanol–water partition coefficient (Wildman–Crippen LogP) is 4.52. The van der Waals surface area contributed by atoms with E-state index in [4.69, 9.17) is 23.2 Å². The van der Waals surface area contributed by atoms with Crippen molar-refractivity contribution in [1.29, 1.82) is 0 Å². The molecule has 0 N–H and O–H groups in total. The molecular formula is C9H6Cl2S. The van der Waals surface area contributed by atoms with E-state index in [1.165, 1.54) is 15.0 Å². The summed E-state index contributed by atoms with van der Waals surface area (Å²) in [6.07, 6.45) is 0. The minimum atomic E-state index is 0.627. The van der Waals surface area contributed by atoms with Gasteiger partial charge in [-0.2, -0.15) is 0 Å². The second-order valence-electron chi connectivity index (χ2n) is 2.66. The number of thiophene rings is 1. The van der Waals surface area contributed by atoms with Crippen molar-refractivity contribution in [2.75, 3.05) is 0 Å². The lowest BCUT2D eigenvalue weighted by molar-refractivity contribution is 1.65. The van der Waals surface area contributed by atoms with E-state index in [0.717, 1.165) is 0 Å². The van der Waals surface area contributed by atoms with E-state index in [1.807, 2.05) is 12.1 Å². The second-order valence-corrected chi connectivity index (χ2v) is 4.76. The number of rotatable bonds is 0. The van der Waals surface area contributed by atoms with Crippen molar-refractivity contribution in [2.45, 2.75) is 6.92 Å². The van der Waals surface area contributed by atoms with E-state index in [2.05, 4.69) is 13.0 Å². The summed E-state index contributed by atoms with van der Waals surface area (Å²) < 4.78 is 1.20. The Morgan fingerprint density at radius 2 is 1.75 bits per heavy atom. The molecule has 0 unspecified atom stereocenters. The number of halogens is 2. The summed E-state index contributed by atoms with van der Waals surface area (Å²) >= 11 is 13.5. The van der Waals surface area contributed by atoms with Gasteiger partial charge in [0.05, 0.1) is 10.0 Å². The maximum atomic E-state index is 5.87. The highest BCUT2D eigenvalue weighted by molar-refractivity contribution is 7.19. The molecule has 0 bridgehead atoms. The highest BCUT2D eigenvalue weighted by Crippen LogP contribution is 2.32. The molecule has 12 heavy (non-hydrogen) atoms. The Kier molecular flexibility index (Phi) is 2.03.